The SMILES string of the molecule is Cn1c(-c2ccccc2C(F)(F)F)nnc1C12CCC(c3noc(CC(O)(C(F)(F)F)C(F)(F)F)n3)(CC1)CC2. The highest BCUT2D eigenvalue weighted by molar-refractivity contribution is 5.61. The third kappa shape index (κ3) is 4.34. The lowest BCUT2D eigenvalue weighted by atomic mass is 9.53. The lowest BCUT2D eigenvalue weighted by molar-refractivity contribution is -0.368. The molecule has 3 saturated carbocycles. The van der Waals surface area contributed by atoms with Gasteiger partial charge in [-0.15, -0.1) is 10.2 Å². The zero-order valence-corrected chi connectivity index (χ0v) is 20.8. The van der Waals surface area contributed by atoms with Gasteiger partial charge >= 0.3 is 18.5 Å². The first-order chi connectivity index (χ1) is 18.4. The van der Waals surface area contributed by atoms with Crippen LogP contribution in [-0.4, -0.2) is 48.0 Å². The normalized spacial score (nSPS) is 24.1. The van der Waals surface area contributed by atoms with Crippen molar-refractivity contribution in [1.82, 2.24) is 24.9 Å². The van der Waals surface area contributed by atoms with Crippen LogP contribution in [0.4, 0.5) is 39.5 Å². The minimum Gasteiger partial charge on any atom is -0.373 e. The number of hydrogen-bond donors (Lipinski definition) is 1. The summed E-state index contributed by atoms with van der Waals surface area (Å²) in [5, 5.41) is 21.4. The summed E-state index contributed by atoms with van der Waals surface area (Å²) in [6, 6.07) is 5.02. The number of aliphatic hydroxyl groups is 1. The fourth-order valence-corrected chi connectivity index (χ4v) is 5.93. The maximum atomic E-state index is 13.6. The topological polar surface area (TPSA) is 89.9 Å². The molecule has 2 bridgehead atoms. The first kappa shape index (κ1) is 28.4. The average Bonchev–Trinajstić information content (AvgIpc) is 3.50. The highest BCUT2D eigenvalue weighted by Gasteiger charge is 2.71. The molecule has 3 aliphatic rings. The molecule has 6 rings (SSSR count). The molecule has 218 valence electrons. The molecule has 0 saturated heterocycles. The molecule has 2 heterocycles. The molecule has 7 nitrogen and oxygen atoms in total. The second-order valence-electron chi connectivity index (χ2n) is 10.6. The maximum Gasteiger partial charge on any atom is 0.426 e. The molecule has 1 aromatic carbocycles. The highest BCUT2D eigenvalue weighted by atomic mass is 19.4. The van der Waals surface area contributed by atoms with E-state index in [1.165, 1.54) is 22.8 Å². The van der Waals surface area contributed by atoms with Crippen molar-refractivity contribution < 1.29 is 49.1 Å². The van der Waals surface area contributed by atoms with E-state index in [9.17, 15) is 44.6 Å². The second kappa shape index (κ2) is 8.91. The number of rotatable bonds is 5. The van der Waals surface area contributed by atoms with Gasteiger partial charge in [0, 0.05) is 23.4 Å². The summed E-state index contributed by atoms with van der Waals surface area (Å²) in [7, 11) is 1.58. The summed E-state index contributed by atoms with van der Waals surface area (Å²) in [6.45, 7) is 0. The third-order valence-electron chi connectivity index (χ3n) is 8.36. The third-order valence-corrected chi connectivity index (χ3v) is 8.36. The standard InChI is InChI=1S/C24H22F9N5O2/c1-38-16(13-4-2-3-5-14(13)22(25,26)27)35-36-18(38)20-9-6-19(7-10-20,8-11-20)17-34-15(40-37-17)12-21(39,23(28,29)30)24(31,32)33/h2-5,39H,6-12H2,1H3. The van der Waals surface area contributed by atoms with Crippen LogP contribution in [0.15, 0.2) is 28.8 Å². The number of benzene rings is 1. The predicted molar refractivity (Wildman–Crippen MR) is 118 cm³/mol. The largest absolute Gasteiger partial charge is 0.426 e. The van der Waals surface area contributed by atoms with Crippen LogP contribution in [0.1, 0.15) is 61.6 Å². The maximum absolute atomic E-state index is 13.6. The molecule has 40 heavy (non-hydrogen) atoms. The van der Waals surface area contributed by atoms with Gasteiger partial charge in [0.15, 0.2) is 11.6 Å². The summed E-state index contributed by atoms with van der Waals surface area (Å²) in [6.07, 6.45) is -16.1. The van der Waals surface area contributed by atoms with Gasteiger partial charge < -0.3 is 14.2 Å². The van der Waals surface area contributed by atoms with Crippen LogP contribution < -0.4 is 0 Å². The van der Waals surface area contributed by atoms with Gasteiger partial charge in [0.2, 0.25) is 5.89 Å². The minimum absolute atomic E-state index is 0.0414. The van der Waals surface area contributed by atoms with Gasteiger partial charge in [-0.25, -0.2) is 0 Å². The van der Waals surface area contributed by atoms with E-state index in [1.54, 1.807) is 7.05 Å². The summed E-state index contributed by atoms with van der Waals surface area (Å²) < 4.78 is 126. The number of halogens is 9. The Morgan fingerprint density at radius 3 is 1.95 bits per heavy atom. The molecular formula is C24H22F9N5O2. The number of fused-ring (bicyclic) bond motifs is 3. The molecule has 0 amide bonds. The Kier molecular flexibility index (Phi) is 6.32. The molecule has 0 unspecified atom stereocenters. The van der Waals surface area contributed by atoms with Crippen molar-refractivity contribution in [3.8, 4) is 11.4 Å². The van der Waals surface area contributed by atoms with E-state index in [2.05, 4.69) is 20.3 Å². The lowest BCUT2D eigenvalue weighted by Crippen LogP contribution is -2.58. The van der Waals surface area contributed by atoms with E-state index < -0.39 is 52.8 Å². The fourth-order valence-electron chi connectivity index (χ4n) is 5.93. The van der Waals surface area contributed by atoms with Gasteiger partial charge in [-0.1, -0.05) is 23.4 Å². The minimum atomic E-state index is -6.02. The molecule has 16 heteroatoms. The van der Waals surface area contributed by atoms with Crippen LogP contribution in [0.25, 0.3) is 11.4 Å². The van der Waals surface area contributed by atoms with E-state index in [0.717, 1.165) is 6.07 Å². The molecule has 0 spiro atoms. The predicted octanol–water partition coefficient (Wildman–Crippen LogP) is 5.83. The van der Waals surface area contributed by atoms with E-state index >= 15 is 0 Å². The van der Waals surface area contributed by atoms with Crippen molar-refractivity contribution in [2.45, 2.75) is 79.9 Å². The Bertz CT molecular complexity index is 1370. The van der Waals surface area contributed by atoms with Crippen LogP contribution in [0, 0.1) is 0 Å². The van der Waals surface area contributed by atoms with E-state index in [1.807, 2.05) is 0 Å². The van der Waals surface area contributed by atoms with Crippen LogP contribution in [0.2, 0.25) is 0 Å². The first-order valence-electron chi connectivity index (χ1n) is 12.2. The van der Waals surface area contributed by atoms with E-state index in [4.69, 9.17) is 4.52 Å². The van der Waals surface area contributed by atoms with Gasteiger partial charge in [-0.05, 0) is 44.6 Å². The smallest absolute Gasteiger partial charge is 0.373 e. The Hall–Kier alpha value is -3.17. The Morgan fingerprint density at radius 2 is 1.40 bits per heavy atom. The zero-order chi connectivity index (χ0) is 29.4. The average molecular weight is 583 g/mol. The van der Waals surface area contributed by atoms with Crippen LogP contribution in [0.3, 0.4) is 0 Å². The number of alkyl halides is 9. The zero-order valence-electron chi connectivity index (χ0n) is 20.8. The van der Waals surface area contributed by atoms with Gasteiger partial charge in [0.25, 0.3) is 5.60 Å². The van der Waals surface area contributed by atoms with Gasteiger partial charge in [0.05, 0.1) is 12.0 Å². The highest BCUT2D eigenvalue weighted by Crippen LogP contribution is 2.58. The Balaban J connectivity index is 1.38. The monoisotopic (exact) mass is 583 g/mol. The number of aromatic nitrogens is 5. The van der Waals surface area contributed by atoms with Crippen molar-refractivity contribution in [2.75, 3.05) is 0 Å². The molecule has 3 aromatic rings. The summed E-state index contributed by atoms with van der Waals surface area (Å²) in [4.78, 5) is 3.83. The summed E-state index contributed by atoms with van der Waals surface area (Å²) >= 11 is 0. The second-order valence-corrected chi connectivity index (χ2v) is 10.6. The molecule has 3 aliphatic carbocycles. The van der Waals surface area contributed by atoms with Crippen molar-refractivity contribution in [2.24, 2.45) is 7.05 Å². The van der Waals surface area contributed by atoms with Crippen LogP contribution >= 0.6 is 0 Å². The number of hydrogen-bond acceptors (Lipinski definition) is 6. The molecule has 0 atom stereocenters. The lowest BCUT2D eigenvalue weighted by Gasteiger charge is -2.51. The van der Waals surface area contributed by atoms with Gasteiger partial charge in [0.1, 0.15) is 5.82 Å². The van der Waals surface area contributed by atoms with Crippen molar-refractivity contribution in [3.05, 3.63) is 47.4 Å². The van der Waals surface area contributed by atoms with Crippen molar-refractivity contribution >= 4 is 0 Å². The molecule has 3 fully saturated rings. The van der Waals surface area contributed by atoms with Crippen molar-refractivity contribution in [3.63, 3.8) is 0 Å². The molecular weight excluding hydrogens is 561 g/mol. The Labute approximate surface area is 220 Å². The van der Waals surface area contributed by atoms with E-state index in [0.29, 0.717) is 44.3 Å². The molecule has 0 radical (unpaired) electrons. The fraction of sp³-hybridized carbons (Fsp3) is 0.583. The quantitative estimate of drug-likeness (QED) is 0.381. The van der Waals surface area contributed by atoms with Crippen LogP contribution in [0.5, 0.6) is 0 Å². The molecule has 0 aliphatic heterocycles. The van der Waals surface area contributed by atoms with Gasteiger partial charge in [-0.2, -0.15) is 44.5 Å². The van der Waals surface area contributed by atoms with Gasteiger partial charge in [-0.3, -0.25) is 0 Å². The van der Waals surface area contributed by atoms with Crippen LogP contribution in [-0.2, 0) is 30.5 Å². The molecule has 1 N–H and O–H groups in total. The summed E-state index contributed by atoms with van der Waals surface area (Å²) in [5.74, 6) is -0.503. The van der Waals surface area contributed by atoms with E-state index in [-0.39, 0.29) is 17.2 Å². The Morgan fingerprint density at radius 1 is 0.850 bits per heavy atom. The molecule has 2 aromatic heterocycles. The number of nitrogens with zero attached hydrogens (tertiary/aromatic N) is 5. The first-order valence-corrected chi connectivity index (χ1v) is 12.2. The summed E-state index contributed by atoms with van der Waals surface area (Å²) in [5.41, 5.74) is -7.34. The van der Waals surface area contributed by atoms with Crippen molar-refractivity contribution in [1.29, 1.82) is 0 Å².